The van der Waals surface area contributed by atoms with Crippen LogP contribution in [0.5, 0.6) is 0 Å². The molecule has 12 heavy (non-hydrogen) atoms. The maximum atomic E-state index is 5.13. The molecule has 3 nitrogen and oxygen atoms in total. The minimum atomic E-state index is 0.803. The van der Waals surface area contributed by atoms with Crippen molar-refractivity contribution in [2.24, 2.45) is 0 Å². The van der Waals surface area contributed by atoms with E-state index in [4.69, 9.17) is 12.2 Å². The van der Waals surface area contributed by atoms with Crippen molar-refractivity contribution in [3.63, 3.8) is 0 Å². The molecule has 0 atom stereocenters. The van der Waals surface area contributed by atoms with Gasteiger partial charge in [-0.05, 0) is 25.1 Å². The first-order chi connectivity index (χ1) is 5.70. The van der Waals surface area contributed by atoms with Crippen molar-refractivity contribution in [1.82, 2.24) is 15.3 Å². The second-order valence-corrected chi connectivity index (χ2v) is 3.75. The number of rotatable bonds is 1. The van der Waals surface area contributed by atoms with Gasteiger partial charge in [-0.25, -0.2) is 5.01 Å². The van der Waals surface area contributed by atoms with Crippen LogP contribution in [0.2, 0.25) is 0 Å². The summed E-state index contributed by atoms with van der Waals surface area (Å²) in [6, 6.07) is 0. The van der Waals surface area contributed by atoms with E-state index in [9.17, 15) is 0 Å². The Morgan fingerprint density at radius 2 is 1.83 bits per heavy atom. The van der Waals surface area contributed by atoms with Gasteiger partial charge in [0.25, 0.3) is 0 Å². The van der Waals surface area contributed by atoms with Gasteiger partial charge in [0.15, 0.2) is 5.11 Å². The van der Waals surface area contributed by atoms with Crippen LogP contribution in [0.25, 0.3) is 0 Å². The number of nitrogens with zero attached hydrogens (tertiary/aromatic N) is 2. The lowest BCUT2D eigenvalue weighted by Crippen LogP contribution is -2.48. The van der Waals surface area contributed by atoms with Gasteiger partial charge >= 0.3 is 0 Å². The standard InChI is InChI=1S/C8H17N3S/c1-10(2)8(12)9-11-6-4-3-5-7-11/h3-7H2,1-2H3,(H,9,12). The summed E-state index contributed by atoms with van der Waals surface area (Å²) in [7, 11) is 3.92. The van der Waals surface area contributed by atoms with Crippen LogP contribution in [0.1, 0.15) is 19.3 Å². The molecule has 0 aliphatic carbocycles. The van der Waals surface area contributed by atoms with Crippen LogP contribution in [0.4, 0.5) is 0 Å². The average molecular weight is 187 g/mol. The van der Waals surface area contributed by atoms with E-state index in [1.165, 1.54) is 19.3 Å². The highest BCUT2D eigenvalue weighted by atomic mass is 32.1. The molecule has 0 spiro atoms. The van der Waals surface area contributed by atoms with Gasteiger partial charge in [0.05, 0.1) is 0 Å². The topological polar surface area (TPSA) is 18.5 Å². The zero-order valence-electron chi connectivity index (χ0n) is 7.84. The Kier molecular flexibility index (Phi) is 3.75. The van der Waals surface area contributed by atoms with Gasteiger partial charge in [0.1, 0.15) is 0 Å². The molecule has 1 saturated heterocycles. The van der Waals surface area contributed by atoms with E-state index in [0.29, 0.717) is 0 Å². The Balaban J connectivity index is 2.24. The largest absolute Gasteiger partial charge is 0.354 e. The minimum Gasteiger partial charge on any atom is -0.354 e. The molecular weight excluding hydrogens is 170 g/mol. The summed E-state index contributed by atoms with van der Waals surface area (Å²) in [5.74, 6) is 0. The summed E-state index contributed by atoms with van der Waals surface area (Å²) in [5, 5.41) is 3.00. The van der Waals surface area contributed by atoms with Crippen molar-refractivity contribution in [3.05, 3.63) is 0 Å². The summed E-state index contributed by atoms with van der Waals surface area (Å²) in [5.41, 5.74) is 3.21. The maximum absolute atomic E-state index is 5.13. The zero-order valence-corrected chi connectivity index (χ0v) is 8.65. The highest BCUT2D eigenvalue weighted by Crippen LogP contribution is 2.05. The first-order valence-corrected chi connectivity index (χ1v) is 4.84. The molecule has 1 aliphatic rings. The number of nitrogens with one attached hydrogen (secondary N) is 1. The predicted octanol–water partition coefficient (Wildman–Crippen LogP) is 0.823. The molecule has 0 bridgehead atoms. The molecule has 70 valence electrons. The van der Waals surface area contributed by atoms with Crippen LogP contribution in [0, 0.1) is 0 Å². The molecule has 1 N–H and O–H groups in total. The smallest absolute Gasteiger partial charge is 0.183 e. The number of piperidine rings is 1. The van der Waals surface area contributed by atoms with Crippen LogP contribution >= 0.6 is 12.2 Å². The van der Waals surface area contributed by atoms with E-state index in [0.717, 1.165) is 18.2 Å². The Bertz CT molecular complexity index is 152. The lowest BCUT2D eigenvalue weighted by Gasteiger charge is -2.29. The molecule has 0 radical (unpaired) electrons. The lowest BCUT2D eigenvalue weighted by atomic mass is 10.2. The number of thiocarbonyl (C=S) groups is 1. The number of hydrogen-bond donors (Lipinski definition) is 1. The molecule has 0 aromatic carbocycles. The summed E-state index contributed by atoms with van der Waals surface area (Å²) >= 11 is 5.13. The Morgan fingerprint density at radius 3 is 2.33 bits per heavy atom. The zero-order chi connectivity index (χ0) is 8.97. The fourth-order valence-electron chi connectivity index (χ4n) is 1.24. The summed E-state index contributed by atoms with van der Waals surface area (Å²) in [6.07, 6.45) is 3.92. The fourth-order valence-corrected chi connectivity index (χ4v) is 1.37. The van der Waals surface area contributed by atoms with E-state index in [1.807, 2.05) is 19.0 Å². The highest BCUT2D eigenvalue weighted by molar-refractivity contribution is 7.80. The summed E-state index contributed by atoms with van der Waals surface area (Å²) in [6.45, 7) is 2.24. The molecule has 1 rings (SSSR count). The Hall–Kier alpha value is -0.350. The molecular formula is C8H17N3S. The molecule has 0 aromatic rings. The Morgan fingerprint density at radius 1 is 1.25 bits per heavy atom. The third kappa shape index (κ3) is 2.95. The van der Waals surface area contributed by atoms with Crippen molar-refractivity contribution in [3.8, 4) is 0 Å². The van der Waals surface area contributed by atoms with Gasteiger partial charge in [0, 0.05) is 27.2 Å². The molecule has 0 unspecified atom stereocenters. The van der Waals surface area contributed by atoms with E-state index in [-0.39, 0.29) is 0 Å². The summed E-state index contributed by atoms with van der Waals surface area (Å²) < 4.78 is 0. The molecule has 1 fully saturated rings. The van der Waals surface area contributed by atoms with E-state index < -0.39 is 0 Å². The van der Waals surface area contributed by atoms with Gasteiger partial charge in [-0.3, -0.25) is 5.43 Å². The van der Waals surface area contributed by atoms with E-state index in [1.54, 1.807) is 0 Å². The van der Waals surface area contributed by atoms with Crippen LogP contribution in [0.3, 0.4) is 0 Å². The Labute approximate surface area is 79.7 Å². The van der Waals surface area contributed by atoms with Crippen molar-refractivity contribution in [1.29, 1.82) is 0 Å². The first kappa shape index (κ1) is 9.74. The maximum Gasteiger partial charge on any atom is 0.183 e. The van der Waals surface area contributed by atoms with Crippen LogP contribution < -0.4 is 5.43 Å². The van der Waals surface area contributed by atoms with Crippen LogP contribution in [-0.2, 0) is 0 Å². The molecule has 0 amide bonds. The molecule has 0 aromatic heterocycles. The van der Waals surface area contributed by atoms with E-state index >= 15 is 0 Å². The number of hydrogen-bond acceptors (Lipinski definition) is 2. The molecule has 0 saturated carbocycles. The van der Waals surface area contributed by atoms with E-state index in [2.05, 4.69) is 10.4 Å². The van der Waals surface area contributed by atoms with Crippen molar-refractivity contribution in [2.75, 3.05) is 27.2 Å². The van der Waals surface area contributed by atoms with Gasteiger partial charge in [-0.2, -0.15) is 0 Å². The van der Waals surface area contributed by atoms with Crippen LogP contribution in [0.15, 0.2) is 0 Å². The average Bonchev–Trinajstić information content (AvgIpc) is 2.06. The quantitative estimate of drug-likeness (QED) is 0.612. The molecule has 1 heterocycles. The van der Waals surface area contributed by atoms with Gasteiger partial charge in [0.2, 0.25) is 0 Å². The third-order valence-electron chi connectivity index (χ3n) is 2.02. The predicted molar refractivity (Wildman–Crippen MR) is 54.8 cm³/mol. The monoisotopic (exact) mass is 187 g/mol. The van der Waals surface area contributed by atoms with Crippen molar-refractivity contribution in [2.45, 2.75) is 19.3 Å². The van der Waals surface area contributed by atoms with Crippen LogP contribution in [-0.4, -0.2) is 42.2 Å². The SMILES string of the molecule is CN(C)C(=S)NN1CCCCC1. The van der Waals surface area contributed by atoms with Gasteiger partial charge in [-0.1, -0.05) is 6.42 Å². The normalized spacial score (nSPS) is 18.8. The summed E-state index contributed by atoms with van der Waals surface area (Å²) in [4.78, 5) is 1.92. The molecule has 1 aliphatic heterocycles. The third-order valence-corrected chi connectivity index (χ3v) is 2.47. The minimum absolute atomic E-state index is 0.803. The van der Waals surface area contributed by atoms with Crippen molar-refractivity contribution < 1.29 is 0 Å². The first-order valence-electron chi connectivity index (χ1n) is 4.43. The lowest BCUT2D eigenvalue weighted by molar-refractivity contribution is 0.189. The second kappa shape index (κ2) is 4.62. The van der Waals surface area contributed by atoms with Crippen molar-refractivity contribution >= 4 is 17.3 Å². The molecule has 4 heteroatoms. The van der Waals surface area contributed by atoms with Gasteiger partial charge in [-0.15, -0.1) is 0 Å². The highest BCUT2D eigenvalue weighted by Gasteiger charge is 2.10. The van der Waals surface area contributed by atoms with Gasteiger partial charge < -0.3 is 4.90 Å². The fraction of sp³-hybridized carbons (Fsp3) is 0.875. The number of hydrazine groups is 1. The second-order valence-electron chi connectivity index (χ2n) is 3.36.